The van der Waals surface area contributed by atoms with Crippen LogP contribution in [0.2, 0.25) is 0 Å². The number of nitrogens with zero attached hydrogens (tertiary/aromatic N) is 3. The number of hydrogen-bond acceptors (Lipinski definition) is 3. The van der Waals surface area contributed by atoms with Crippen molar-refractivity contribution in [2.75, 3.05) is 18.5 Å². The van der Waals surface area contributed by atoms with E-state index < -0.39 is 5.97 Å². The lowest BCUT2D eigenvalue weighted by Gasteiger charge is -2.20. The van der Waals surface area contributed by atoms with Gasteiger partial charge in [-0.05, 0) is 24.6 Å². The van der Waals surface area contributed by atoms with Gasteiger partial charge in [0.1, 0.15) is 0 Å². The van der Waals surface area contributed by atoms with E-state index in [1.54, 1.807) is 13.3 Å². The molecule has 0 aliphatic rings. The Morgan fingerprint density at radius 3 is 2.95 bits per heavy atom. The van der Waals surface area contributed by atoms with Crippen molar-refractivity contribution in [1.29, 1.82) is 0 Å². The molecule has 1 atom stereocenters. The third-order valence-corrected chi connectivity index (χ3v) is 3.47. The highest BCUT2D eigenvalue weighted by Gasteiger charge is 2.12. The monoisotopic (exact) mass is 261 g/mol. The zero-order valence-corrected chi connectivity index (χ0v) is 11.5. The zero-order chi connectivity index (χ0) is 14.0. The van der Waals surface area contributed by atoms with Crippen LogP contribution in [0.5, 0.6) is 0 Å². The minimum Gasteiger partial charge on any atom is -0.481 e. The summed E-state index contributed by atoms with van der Waals surface area (Å²) < 4.78 is 1.98. The molecule has 19 heavy (non-hydrogen) atoms. The van der Waals surface area contributed by atoms with Crippen molar-refractivity contribution < 1.29 is 9.90 Å². The maximum absolute atomic E-state index is 10.8. The number of aryl methyl sites for hydroxylation is 1. The maximum Gasteiger partial charge on any atom is 0.306 e. The second-order valence-electron chi connectivity index (χ2n) is 4.98. The Kier molecular flexibility index (Phi) is 3.74. The number of rotatable bonds is 5. The van der Waals surface area contributed by atoms with Gasteiger partial charge in [0.15, 0.2) is 0 Å². The first kappa shape index (κ1) is 13.4. The Hall–Kier alpha value is -2.04. The van der Waals surface area contributed by atoms with E-state index >= 15 is 0 Å². The minimum atomic E-state index is -0.742. The van der Waals surface area contributed by atoms with Crippen LogP contribution >= 0.6 is 0 Å². The van der Waals surface area contributed by atoms with Gasteiger partial charge in [-0.15, -0.1) is 0 Å². The Balaban J connectivity index is 2.08. The van der Waals surface area contributed by atoms with Gasteiger partial charge in [-0.25, -0.2) is 4.98 Å². The summed E-state index contributed by atoms with van der Waals surface area (Å²) in [5, 5.41) is 8.88. The Morgan fingerprint density at radius 1 is 1.53 bits per heavy atom. The molecule has 2 rings (SSSR count). The van der Waals surface area contributed by atoms with Crippen LogP contribution in [-0.4, -0.2) is 34.2 Å². The van der Waals surface area contributed by atoms with Crippen molar-refractivity contribution in [3.8, 4) is 0 Å². The highest BCUT2D eigenvalue weighted by molar-refractivity contribution is 5.79. The number of aliphatic carboxylic acids is 1. The fraction of sp³-hybridized carbons (Fsp3) is 0.429. The number of carbonyl (C=O) groups is 1. The van der Waals surface area contributed by atoms with Crippen molar-refractivity contribution in [2.24, 2.45) is 13.0 Å². The van der Waals surface area contributed by atoms with E-state index in [1.807, 2.05) is 36.9 Å². The highest BCUT2D eigenvalue weighted by Crippen LogP contribution is 2.20. The molecule has 2 aromatic rings. The molecule has 5 heteroatoms. The first-order valence-corrected chi connectivity index (χ1v) is 6.34. The predicted octanol–water partition coefficient (Wildman–Crippen LogP) is 2.12. The van der Waals surface area contributed by atoms with Gasteiger partial charge in [0.05, 0.1) is 23.3 Å². The number of benzene rings is 1. The number of anilines is 1. The normalized spacial score (nSPS) is 12.6. The first-order valence-electron chi connectivity index (χ1n) is 6.34. The maximum atomic E-state index is 10.8. The fourth-order valence-corrected chi connectivity index (χ4v) is 2.00. The van der Waals surface area contributed by atoms with Crippen molar-refractivity contribution in [3.63, 3.8) is 0 Å². The number of hydrogen-bond donors (Lipinski definition) is 1. The fourth-order valence-electron chi connectivity index (χ4n) is 2.00. The van der Waals surface area contributed by atoms with E-state index in [4.69, 9.17) is 5.11 Å². The Labute approximate surface area is 112 Å². The van der Waals surface area contributed by atoms with Gasteiger partial charge in [0.25, 0.3) is 0 Å². The summed E-state index contributed by atoms with van der Waals surface area (Å²) in [6.45, 7) is 2.45. The third-order valence-electron chi connectivity index (χ3n) is 3.47. The van der Waals surface area contributed by atoms with E-state index in [0.29, 0.717) is 13.0 Å². The molecule has 0 aliphatic heterocycles. The minimum absolute atomic E-state index is 0.318. The van der Waals surface area contributed by atoms with Gasteiger partial charge in [-0.3, -0.25) is 4.79 Å². The van der Waals surface area contributed by atoms with Crippen molar-refractivity contribution >= 4 is 22.7 Å². The third kappa shape index (κ3) is 2.86. The zero-order valence-electron chi connectivity index (χ0n) is 11.5. The lowest BCUT2D eigenvalue weighted by Crippen LogP contribution is -2.22. The summed E-state index contributed by atoms with van der Waals surface area (Å²) >= 11 is 0. The summed E-state index contributed by atoms with van der Waals surface area (Å²) in [6.07, 6.45) is 2.42. The SMILES string of the molecule is CC(CCN(C)c1ccc2c(c1)ncn2C)C(=O)O. The second kappa shape index (κ2) is 5.30. The number of aromatic nitrogens is 2. The number of fused-ring (bicyclic) bond motifs is 1. The molecule has 1 heterocycles. The van der Waals surface area contributed by atoms with Crippen LogP contribution in [0.15, 0.2) is 24.5 Å². The van der Waals surface area contributed by atoms with E-state index in [-0.39, 0.29) is 5.92 Å². The van der Waals surface area contributed by atoms with E-state index in [0.717, 1.165) is 16.7 Å². The summed E-state index contributed by atoms with van der Waals surface area (Å²) in [5.41, 5.74) is 3.11. The molecule has 0 spiro atoms. The standard InChI is InChI=1S/C14H19N3O2/c1-10(14(18)19)6-7-16(2)11-4-5-13-12(8-11)15-9-17(13)3/h4-5,8-10H,6-7H2,1-3H3,(H,18,19). The molecule has 1 aromatic carbocycles. The Morgan fingerprint density at radius 2 is 2.26 bits per heavy atom. The summed E-state index contributed by atoms with van der Waals surface area (Å²) in [4.78, 5) is 17.2. The number of carboxylic acid groups (broad SMARTS) is 1. The summed E-state index contributed by atoms with van der Waals surface area (Å²) in [7, 11) is 3.94. The molecule has 1 aromatic heterocycles. The topological polar surface area (TPSA) is 58.4 Å². The van der Waals surface area contributed by atoms with Crippen LogP contribution < -0.4 is 4.90 Å². The first-order chi connectivity index (χ1) is 8.99. The number of carboxylic acids is 1. The molecule has 0 amide bonds. The van der Waals surface area contributed by atoms with E-state index in [1.165, 1.54) is 0 Å². The van der Waals surface area contributed by atoms with Crippen molar-refractivity contribution in [2.45, 2.75) is 13.3 Å². The molecule has 0 bridgehead atoms. The predicted molar refractivity (Wildman–Crippen MR) is 75.4 cm³/mol. The van der Waals surface area contributed by atoms with Gasteiger partial charge >= 0.3 is 5.97 Å². The smallest absolute Gasteiger partial charge is 0.306 e. The van der Waals surface area contributed by atoms with Crippen LogP contribution in [0.25, 0.3) is 11.0 Å². The summed E-state index contributed by atoms with van der Waals surface area (Å²) in [6, 6.07) is 6.10. The Bertz CT molecular complexity index is 591. The van der Waals surface area contributed by atoms with Gasteiger partial charge in [-0.2, -0.15) is 0 Å². The van der Waals surface area contributed by atoms with Crippen LogP contribution in [0.3, 0.4) is 0 Å². The average molecular weight is 261 g/mol. The molecule has 0 radical (unpaired) electrons. The van der Waals surface area contributed by atoms with E-state index in [9.17, 15) is 4.79 Å². The molecular weight excluding hydrogens is 242 g/mol. The molecule has 1 N–H and O–H groups in total. The van der Waals surface area contributed by atoms with Gasteiger partial charge in [0, 0.05) is 26.3 Å². The molecule has 0 saturated heterocycles. The molecule has 0 aliphatic carbocycles. The largest absolute Gasteiger partial charge is 0.481 e. The van der Waals surface area contributed by atoms with Gasteiger partial charge in [0.2, 0.25) is 0 Å². The average Bonchev–Trinajstić information content (AvgIpc) is 2.76. The molecule has 1 unspecified atom stereocenters. The molecule has 0 saturated carbocycles. The van der Waals surface area contributed by atoms with Gasteiger partial charge < -0.3 is 14.6 Å². The van der Waals surface area contributed by atoms with Crippen LogP contribution in [0, 0.1) is 5.92 Å². The molecule has 102 valence electrons. The van der Waals surface area contributed by atoms with Crippen LogP contribution in [-0.2, 0) is 11.8 Å². The molecular formula is C14H19N3O2. The van der Waals surface area contributed by atoms with Crippen LogP contribution in [0.1, 0.15) is 13.3 Å². The molecule has 5 nitrogen and oxygen atoms in total. The number of imidazole rings is 1. The van der Waals surface area contributed by atoms with Crippen molar-refractivity contribution in [3.05, 3.63) is 24.5 Å². The van der Waals surface area contributed by atoms with E-state index in [2.05, 4.69) is 9.88 Å². The van der Waals surface area contributed by atoms with Gasteiger partial charge in [-0.1, -0.05) is 6.92 Å². The highest BCUT2D eigenvalue weighted by atomic mass is 16.4. The summed E-state index contributed by atoms with van der Waals surface area (Å²) in [5.74, 6) is -1.06. The van der Waals surface area contributed by atoms with Crippen LogP contribution in [0.4, 0.5) is 5.69 Å². The van der Waals surface area contributed by atoms with Crippen molar-refractivity contribution in [1.82, 2.24) is 9.55 Å². The molecule has 0 fully saturated rings. The lowest BCUT2D eigenvalue weighted by molar-refractivity contribution is -0.141. The lowest BCUT2D eigenvalue weighted by atomic mass is 10.1. The quantitative estimate of drug-likeness (QED) is 0.895. The second-order valence-corrected chi connectivity index (χ2v) is 4.98.